The second-order valence-electron chi connectivity index (χ2n) is 5.75. The van der Waals surface area contributed by atoms with Gasteiger partial charge in [-0.2, -0.15) is 0 Å². The Labute approximate surface area is 137 Å². The molecule has 0 saturated heterocycles. The maximum atomic E-state index is 12.1. The van der Waals surface area contributed by atoms with Crippen LogP contribution in [0.1, 0.15) is 48.3 Å². The number of nitrogens with zero attached hydrogens (tertiary/aromatic N) is 2. The molecule has 1 aromatic heterocycles. The van der Waals surface area contributed by atoms with Crippen molar-refractivity contribution in [2.45, 2.75) is 39.0 Å². The highest BCUT2D eigenvalue weighted by Crippen LogP contribution is 2.19. The summed E-state index contributed by atoms with van der Waals surface area (Å²) in [6.45, 7) is 3.60. The minimum Gasteiger partial charge on any atom is -0.383 e. The molecule has 6 nitrogen and oxygen atoms in total. The Kier molecular flexibility index (Phi) is 7.00. The molecule has 2 rings (SSSR count). The third-order valence-corrected chi connectivity index (χ3v) is 3.79. The molecule has 1 aliphatic rings. The normalized spacial score (nSPS) is 14.3. The van der Waals surface area contributed by atoms with E-state index in [4.69, 9.17) is 4.74 Å². The smallest absolute Gasteiger partial charge is 0.270 e. The lowest BCUT2D eigenvalue weighted by atomic mass is 9.97. The van der Waals surface area contributed by atoms with Gasteiger partial charge < -0.3 is 15.4 Å². The van der Waals surface area contributed by atoms with Crippen molar-refractivity contribution < 1.29 is 9.53 Å². The van der Waals surface area contributed by atoms with Gasteiger partial charge in [0.15, 0.2) is 0 Å². The topological polar surface area (TPSA) is 76.1 Å². The second kappa shape index (κ2) is 9.25. The molecule has 23 heavy (non-hydrogen) atoms. The number of rotatable bonds is 8. The average Bonchev–Trinajstić information content (AvgIpc) is 2.55. The first-order valence-corrected chi connectivity index (χ1v) is 8.23. The molecule has 0 radical (unpaired) electrons. The molecule has 0 atom stereocenters. The number of nitrogens with one attached hydrogen (secondary N) is 2. The molecule has 0 fully saturated rings. The Morgan fingerprint density at radius 3 is 2.91 bits per heavy atom. The number of carbonyl (C=O) groups is 1. The first kappa shape index (κ1) is 17.4. The zero-order chi connectivity index (χ0) is 16.5. The fraction of sp³-hybridized carbons (Fsp3) is 0.588. The fourth-order valence-corrected chi connectivity index (χ4v) is 2.59. The van der Waals surface area contributed by atoms with Crippen LogP contribution in [0.5, 0.6) is 0 Å². The number of aromatic nitrogens is 2. The molecule has 0 bridgehead atoms. The van der Waals surface area contributed by atoms with Crippen molar-refractivity contribution in [1.29, 1.82) is 0 Å². The Bertz CT molecular complexity index is 558. The van der Waals surface area contributed by atoms with Gasteiger partial charge >= 0.3 is 0 Å². The van der Waals surface area contributed by atoms with E-state index in [1.165, 1.54) is 31.3 Å². The summed E-state index contributed by atoms with van der Waals surface area (Å²) in [6.07, 6.45) is 8.34. The number of methoxy groups -OCH3 is 1. The average molecular weight is 318 g/mol. The van der Waals surface area contributed by atoms with E-state index >= 15 is 0 Å². The maximum Gasteiger partial charge on any atom is 0.270 e. The van der Waals surface area contributed by atoms with Gasteiger partial charge in [-0.15, -0.1) is 0 Å². The second-order valence-corrected chi connectivity index (χ2v) is 5.75. The van der Waals surface area contributed by atoms with Crippen LogP contribution in [0, 0.1) is 6.92 Å². The van der Waals surface area contributed by atoms with E-state index in [2.05, 4.69) is 26.7 Å². The molecule has 0 saturated carbocycles. The van der Waals surface area contributed by atoms with Gasteiger partial charge in [0, 0.05) is 25.9 Å². The van der Waals surface area contributed by atoms with E-state index in [1.807, 2.05) is 6.92 Å². The number of hydrogen-bond donors (Lipinski definition) is 2. The summed E-state index contributed by atoms with van der Waals surface area (Å²) in [5, 5.41) is 6.00. The van der Waals surface area contributed by atoms with E-state index < -0.39 is 0 Å². The predicted octanol–water partition coefficient (Wildman–Crippen LogP) is 2.46. The van der Waals surface area contributed by atoms with Gasteiger partial charge in [-0.25, -0.2) is 9.97 Å². The van der Waals surface area contributed by atoms with Crippen LogP contribution in [0.15, 0.2) is 17.7 Å². The van der Waals surface area contributed by atoms with Gasteiger partial charge in [0.05, 0.1) is 6.61 Å². The van der Waals surface area contributed by atoms with Gasteiger partial charge in [0.1, 0.15) is 5.69 Å². The van der Waals surface area contributed by atoms with Crippen molar-refractivity contribution in [3.63, 3.8) is 0 Å². The lowest BCUT2D eigenvalue weighted by molar-refractivity contribution is 0.0932. The molecular weight excluding hydrogens is 292 g/mol. The van der Waals surface area contributed by atoms with Crippen molar-refractivity contribution in [1.82, 2.24) is 15.3 Å². The molecule has 0 spiro atoms. The Balaban J connectivity index is 1.88. The molecule has 126 valence electrons. The number of amides is 1. The SMILES string of the molecule is COCCNC(=O)c1cc(C)nc(NCCC2=CCCCC2)n1. The third-order valence-electron chi connectivity index (χ3n) is 3.79. The third kappa shape index (κ3) is 5.98. The van der Waals surface area contributed by atoms with Crippen LogP contribution in [0.4, 0.5) is 5.95 Å². The summed E-state index contributed by atoms with van der Waals surface area (Å²) in [4.78, 5) is 20.7. The Morgan fingerprint density at radius 1 is 1.30 bits per heavy atom. The number of aryl methyl sites for hydroxylation is 1. The van der Waals surface area contributed by atoms with Crippen LogP contribution in [0.2, 0.25) is 0 Å². The zero-order valence-electron chi connectivity index (χ0n) is 14.0. The largest absolute Gasteiger partial charge is 0.383 e. The first-order valence-electron chi connectivity index (χ1n) is 8.23. The van der Waals surface area contributed by atoms with Crippen molar-refractivity contribution >= 4 is 11.9 Å². The molecule has 0 aromatic carbocycles. The first-order chi connectivity index (χ1) is 11.2. The van der Waals surface area contributed by atoms with E-state index in [0.717, 1.165) is 18.7 Å². The van der Waals surface area contributed by atoms with Crippen LogP contribution in [0.25, 0.3) is 0 Å². The van der Waals surface area contributed by atoms with Crippen LogP contribution in [0.3, 0.4) is 0 Å². The zero-order valence-corrected chi connectivity index (χ0v) is 14.0. The molecule has 1 heterocycles. The summed E-state index contributed by atoms with van der Waals surface area (Å²) < 4.78 is 4.92. The van der Waals surface area contributed by atoms with Crippen LogP contribution in [-0.4, -0.2) is 42.7 Å². The highest BCUT2D eigenvalue weighted by Gasteiger charge is 2.10. The molecular formula is C17H26N4O2. The van der Waals surface area contributed by atoms with Crippen LogP contribution < -0.4 is 10.6 Å². The summed E-state index contributed by atoms with van der Waals surface area (Å²) >= 11 is 0. The predicted molar refractivity (Wildman–Crippen MR) is 90.6 cm³/mol. The molecule has 2 N–H and O–H groups in total. The van der Waals surface area contributed by atoms with Gasteiger partial charge in [-0.3, -0.25) is 4.79 Å². The quantitative estimate of drug-likeness (QED) is 0.569. The van der Waals surface area contributed by atoms with Gasteiger partial charge in [-0.05, 0) is 45.1 Å². The minimum absolute atomic E-state index is 0.203. The van der Waals surface area contributed by atoms with E-state index in [9.17, 15) is 4.79 Å². The number of allylic oxidation sites excluding steroid dienone is 1. The Morgan fingerprint density at radius 2 is 2.17 bits per heavy atom. The molecule has 1 aliphatic carbocycles. The molecule has 6 heteroatoms. The van der Waals surface area contributed by atoms with Gasteiger partial charge in [-0.1, -0.05) is 11.6 Å². The maximum absolute atomic E-state index is 12.1. The lowest BCUT2D eigenvalue weighted by Crippen LogP contribution is -2.28. The molecule has 0 aliphatic heterocycles. The highest BCUT2D eigenvalue weighted by atomic mass is 16.5. The molecule has 1 aromatic rings. The van der Waals surface area contributed by atoms with Gasteiger partial charge in [0.25, 0.3) is 5.91 Å². The molecule has 0 unspecified atom stereocenters. The fourth-order valence-electron chi connectivity index (χ4n) is 2.59. The van der Waals surface area contributed by atoms with Crippen molar-refractivity contribution in [2.75, 3.05) is 32.1 Å². The molecule has 1 amide bonds. The monoisotopic (exact) mass is 318 g/mol. The lowest BCUT2D eigenvalue weighted by Gasteiger charge is -2.13. The summed E-state index contributed by atoms with van der Waals surface area (Å²) in [5.41, 5.74) is 2.66. The van der Waals surface area contributed by atoms with E-state index in [1.54, 1.807) is 13.2 Å². The van der Waals surface area contributed by atoms with Crippen molar-refractivity contribution in [3.05, 3.63) is 29.1 Å². The van der Waals surface area contributed by atoms with Crippen molar-refractivity contribution in [3.8, 4) is 0 Å². The van der Waals surface area contributed by atoms with E-state index in [-0.39, 0.29) is 5.91 Å². The minimum atomic E-state index is -0.203. The summed E-state index contributed by atoms with van der Waals surface area (Å²) in [5.74, 6) is 0.309. The standard InChI is InChI=1S/C17H26N4O2/c1-13-12-15(16(22)18-10-11-23-2)21-17(20-13)19-9-8-14-6-4-3-5-7-14/h6,12H,3-5,7-11H2,1-2H3,(H,18,22)(H,19,20,21). The summed E-state index contributed by atoms with van der Waals surface area (Å²) in [6, 6.07) is 1.69. The van der Waals surface area contributed by atoms with E-state index in [0.29, 0.717) is 24.8 Å². The van der Waals surface area contributed by atoms with Gasteiger partial charge in [0.2, 0.25) is 5.95 Å². The number of hydrogen-bond acceptors (Lipinski definition) is 5. The van der Waals surface area contributed by atoms with Crippen molar-refractivity contribution in [2.24, 2.45) is 0 Å². The van der Waals surface area contributed by atoms with Crippen LogP contribution >= 0.6 is 0 Å². The number of anilines is 1. The van der Waals surface area contributed by atoms with Crippen LogP contribution in [-0.2, 0) is 4.74 Å². The Hall–Kier alpha value is -1.95. The summed E-state index contributed by atoms with van der Waals surface area (Å²) in [7, 11) is 1.60. The number of ether oxygens (including phenoxy) is 1. The highest BCUT2D eigenvalue weighted by molar-refractivity contribution is 5.92. The number of carbonyl (C=O) groups excluding carboxylic acids is 1.